The minimum atomic E-state index is 0.467. The number of rotatable bonds is 12. The second kappa shape index (κ2) is 12.6. The molecule has 0 saturated carbocycles. The van der Waals surface area contributed by atoms with Gasteiger partial charge in [-0.2, -0.15) is 11.8 Å². The van der Waals surface area contributed by atoms with Crippen LogP contribution in [0.2, 0.25) is 0 Å². The molecule has 17 heavy (non-hydrogen) atoms. The van der Waals surface area contributed by atoms with Crippen LogP contribution in [0.4, 0.5) is 0 Å². The zero-order valence-electron chi connectivity index (χ0n) is 11.5. The minimum absolute atomic E-state index is 0.467. The Hall–Kier alpha value is 0.190. The molecule has 0 rings (SSSR count). The number of ether oxygens (including phenoxy) is 2. The highest BCUT2D eigenvalue weighted by Crippen LogP contribution is 2.08. The molecule has 0 aromatic heterocycles. The fourth-order valence-electron chi connectivity index (χ4n) is 1.80. The van der Waals surface area contributed by atoms with Gasteiger partial charge in [-0.1, -0.05) is 0 Å². The highest BCUT2D eigenvalue weighted by molar-refractivity contribution is 7.98. The number of thioether (sulfide) groups is 1. The summed E-state index contributed by atoms with van der Waals surface area (Å²) in [6, 6.07) is 0.467. The van der Waals surface area contributed by atoms with Crippen LogP contribution in [-0.2, 0) is 9.47 Å². The van der Waals surface area contributed by atoms with E-state index in [-0.39, 0.29) is 0 Å². The van der Waals surface area contributed by atoms with E-state index in [4.69, 9.17) is 15.2 Å². The van der Waals surface area contributed by atoms with E-state index in [0.717, 1.165) is 51.4 Å². The summed E-state index contributed by atoms with van der Waals surface area (Å²) in [5.74, 6) is 1.16. The van der Waals surface area contributed by atoms with Crippen molar-refractivity contribution in [2.45, 2.75) is 18.9 Å². The van der Waals surface area contributed by atoms with Crippen LogP contribution in [0, 0.1) is 0 Å². The Bertz CT molecular complexity index is 161. The van der Waals surface area contributed by atoms with Gasteiger partial charge in [0, 0.05) is 46.5 Å². The maximum Gasteiger partial charge on any atom is 0.0589 e. The van der Waals surface area contributed by atoms with E-state index < -0.39 is 0 Å². The van der Waals surface area contributed by atoms with Gasteiger partial charge in [0.25, 0.3) is 0 Å². The van der Waals surface area contributed by atoms with Gasteiger partial charge in [0.15, 0.2) is 0 Å². The molecule has 0 saturated heterocycles. The normalized spacial score (nSPS) is 13.2. The topological polar surface area (TPSA) is 47.7 Å². The van der Waals surface area contributed by atoms with Gasteiger partial charge < -0.3 is 15.2 Å². The van der Waals surface area contributed by atoms with E-state index in [1.54, 1.807) is 14.2 Å². The summed E-state index contributed by atoms with van der Waals surface area (Å²) in [5.41, 5.74) is 5.87. The van der Waals surface area contributed by atoms with Crippen molar-refractivity contribution in [3.05, 3.63) is 0 Å². The summed E-state index contributed by atoms with van der Waals surface area (Å²) in [4.78, 5) is 2.43. The Balaban J connectivity index is 4.08. The predicted molar refractivity (Wildman–Crippen MR) is 75.8 cm³/mol. The van der Waals surface area contributed by atoms with E-state index in [1.807, 2.05) is 11.8 Å². The predicted octanol–water partition coefficient (Wildman–Crippen LogP) is 1.05. The van der Waals surface area contributed by atoms with Gasteiger partial charge in [0.1, 0.15) is 0 Å². The molecule has 0 heterocycles. The first-order valence-electron chi connectivity index (χ1n) is 6.21. The molecule has 0 radical (unpaired) electrons. The van der Waals surface area contributed by atoms with Gasteiger partial charge in [-0.25, -0.2) is 0 Å². The molecule has 5 heteroatoms. The van der Waals surface area contributed by atoms with E-state index in [2.05, 4.69) is 11.2 Å². The zero-order chi connectivity index (χ0) is 12.9. The summed E-state index contributed by atoms with van der Waals surface area (Å²) in [7, 11) is 3.49. The molecule has 2 N–H and O–H groups in total. The summed E-state index contributed by atoms with van der Waals surface area (Å²) >= 11 is 1.88. The number of nitrogens with two attached hydrogens (primary N) is 1. The molecule has 0 bridgehead atoms. The molecule has 4 nitrogen and oxygen atoms in total. The molecule has 0 aromatic carbocycles. The molecule has 0 aromatic rings. The molecular formula is C12H28N2O2S. The van der Waals surface area contributed by atoms with Crippen LogP contribution in [0.5, 0.6) is 0 Å². The van der Waals surface area contributed by atoms with Crippen LogP contribution < -0.4 is 5.73 Å². The third kappa shape index (κ3) is 8.85. The maximum atomic E-state index is 5.87. The smallest absolute Gasteiger partial charge is 0.0589 e. The van der Waals surface area contributed by atoms with Crippen molar-refractivity contribution in [1.29, 1.82) is 0 Å². The van der Waals surface area contributed by atoms with Crippen molar-refractivity contribution in [3.8, 4) is 0 Å². The molecule has 0 aliphatic carbocycles. The fraction of sp³-hybridized carbons (Fsp3) is 1.00. The Morgan fingerprint density at radius 2 is 1.88 bits per heavy atom. The second-order valence-electron chi connectivity index (χ2n) is 4.05. The summed E-state index contributed by atoms with van der Waals surface area (Å²) in [6.07, 6.45) is 4.34. The third-order valence-electron chi connectivity index (χ3n) is 2.82. The molecule has 1 unspecified atom stereocenters. The minimum Gasteiger partial charge on any atom is -0.385 e. The van der Waals surface area contributed by atoms with Gasteiger partial charge >= 0.3 is 0 Å². The monoisotopic (exact) mass is 264 g/mol. The first-order valence-corrected chi connectivity index (χ1v) is 7.60. The van der Waals surface area contributed by atoms with Gasteiger partial charge in [0.2, 0.25) is 0 Å². The summed E-state index contributed by atoms with van der Waals surface area (Å²) < 4.78 is 10.3. The number of hydrogen-bond acceptors (Lipinski definition) is 5. The van der Waals surface area contributed by atoms with Gasteiger partial charge in [-0.15, -0.1) is 0 Å². The number of hydrogen-bond donors (Lipinski definition) is 1. The SMILES string of the molecule is COCCCN(CCOC)C(CN)CCSC. The summed E-state index contributed by atoms with van der Waals surface area (Å²) in [5, 5.41) is 0. The van der Waals surface area contributed by atoms with Crippen molar-refractivity contribution in [2.24, 2.45) is 5.73 Å². The molecule has 0 amide bonds. The van der Waals surface area contributed by atoms with E-state index in [0.29, 0.717) is 6.04 Å². The van der Waals surface area contributed by atoms with Crippen LogP contribution in [0.1, 0.15) is 12.8 Å². The summed E-state index contributed by atoms with van der Waals surface area (Å²) in [6.45, 7) is 4.28. The van der Waals surface area contributed by atoms with E-state index >= 15 is 0 Å². The van der Waals surface area contributed by atoms with E-state index in [9.17, 15) is 0 Å². The van der Waals surface area contributed by atoms with Crippen molar-refractivity contribution in [3.63, 3.8) is 0 Å². The third-order valence-corrected chi connectivity index (χ3v) is 3.46. The van der Waals surface area contributed by atoms with Crippen molar-refractivity contribution in [1.82, 2.24) is 4.90 Å². The van der Waals surface area contributed by atoms with Gasteiger partial charge in [0.05, 0.1) is 6.61 Å². The molecule has 1 atom stereocenters. The number of methoxy groups -OCH3 is 2. The molecule has 0 fully saturated rings. The average molecular weight is 264 g/mol. The second-order valence-corrected chi connectivity index (χ2v) is 5.03. The van der Waals surface area contributed by atoms with Gasteiger partial charge in [-0.05, 0) is 24.9 Å². The standard InChI is InChI=1S/C12H28N2O2S/c1-15-8-4-6-14(7-9-16-2)12(11-13)5-10-17-3/h12H,4-11,13H2,1-3H3. The highest BCUT2D eigenvalue weighted by Gasteiger charge is 2.15. The Morgan fingerprint density at radius 1 is 1.18 bits per heavy atom. The Kier molecular flexibility index (Phi) is 12.8. The maximum absolute atomic E-state index is 5.87. The first kappa shape index (κ1) is 17.2. The lowest BCUT2D eigenvalue weighted by atomic mass is 10.2. The van der Waals surface area contributed by atoms with Crippen LogP contribution in [0.15, 0.2) is 0 Å². The van der Waals surface area contributed by atoms with Crippen LogP contribution in [0.3, 0.4) is 0 Å². The fourth-order valence-corrected chi connectivity index (χ4v) is 2.31. The van der Waals surface area contributed by atoms with Crippen LogP contribution in [-0.4, -0.2) is 70.0 Å². The quantitative estimate of drug-likeness (QED) is 0.534. The van der Waals surface area contributed by atoms with Crippen LogP contribution in [0.25, 0.3) is 0 Å². The first-order chi connectivity index (χ1) is 8.29. The molecule has 0 spiro atoms. The molecule has 0 aliphatic heterocycles. The van der Waals surface area contributed by atoms with Gasteiger partial charge in [-0.3, -0.25) is 4.90 Å². The Labute approximate surface area is 110 Å². The van der Waals surface area contributed by atoms with Crippen LogP contribution >= 0.6 is 11.8 Å². The largest absolute Gasteiger partial charge is 0.385 e. The Morgan fingerprint density at radius 3 is 2.41 bits per heavy atom. The lowest BCUT2D eigenvalue weighted by Crippen LogP contribution is -2.43. The lowest BCUT2D eigenvalue weighted by Gasteiger charge is -2.30. The molecule has 0 aliphatic rings. The highest BCUT2D eigenvalue weighted by atomic mass is 32.2. The van der Waals surface area contributed by atoms with Crippen molar-refractivity contribution in [2.75, 3.05) is 59.1 Å². The van der Waals surface area contributed by atoms with Crippen molar-refractivity contribution >= 4 is 11.8 Å². The zero-order valence-corrected chi connectivity index (χ0v) is 12.3. The average Bonchev–Trinajstić information content (AvgIpc) is 2.36. The molecular weight excluding hydrogens is 236 g/mol. The lowest BCUT2D eigenvalue weighted by molar-refractivity contribution is 0.107. The molecule has 104 valence electrons. The van der Waals surface area contributed by atoms with Crippen molar-refractivity contribution < 1.29 is 9.47 Å². The number of nitrogens with zero attached hydrogens (tertiary/aromatic N) is 1. The van der Waals surface area contributed by atoms with E-state index in [1.165, 1.54) is 0 Å².